The fourth-order valence-corrected chi connectivity index (χ4v) is 1.92. The van der Waals surface area contributed by atoms with Crippen LogP contribution in [0.5, 0.6) is 0 Å². The molecule has 1 aliphatic rings. The van der Waals surface area contributed by atoms with Crippen LogP contribution < -0.4 is 5.56 Å². The summed E-state index contributed by atoms with van der Waals surface area (Å²) in [5.74, 6) is 0.881. The highest BCUT2D eigenvalue weighted by atomic mass is 16.1. The van der Waals surface area contributed by atoms with Crippen LogP contribution >= 0.6 is 0 Å². The van der Waals surface area contributed by atoms with Crippen LogP contribution in [0.2, 0.25) is 0 Å². The zero-order valence-corrected chi connectivity index (χ0v) is 7.68. The maximum absolute atomic E-state index is 11.9. The summed E-state index contributed by atoms with van der Waals surface area (Å²) in [4.78, 5) is 15.8. The van der Waals surface area contributed by atoms with Crippen LogP contribution in [0, 0.1) is 0 Å². The first-order chi connectivity index (χ1) is 6.86. The minimum absolute atomic E-state index is 0.0344. The highest BCUT2D eigenvalue weighted by molar-refractivity contribution is 5.40. The second kappa shape index (κ2) is 2.67. The Morgan fingerprint density at radius 2 is 2.29 bits per heavy atom. The SMILES string of the molecule is O=c1c2cncn2nc2n1CCCC2. The summed E-state index contributed by atoms with van der Waals surface area (Å²) in [7, 11) is 0. The van der Waals surface area contributed by atoms with Gasteiger partial charge in [-0.25, -0.2) is 9.50 Å². The van der Waals surface area contributed by atoms with Crippen molar-refractivity contribution in [1.29, 1.82) is 0 Å². The molecule has 14 heavy (non-hydrogen) atoms. The number of fused-ring (bicyclic) bond motifs is 2. The quantitative estimate of drug-likeness (QED) is 0.597. The van der Waals surface area contributed by atoms with E-state index in [1.54, 1.807) is 21.6 Å². The molecule has 0 saturated heterocycles. The Hall–Kier alpha value is -1.65. The van der Waals surface area contributed by atoms with Crippen LogP contribution in [0.1, 0.15) is 18.7 Å². The Kier molecular flexibility index (Phi) is 1.47. The molecule has 2 aromatic rings. The Morgan fingerprint density at radius 3 is 3.21 bits per heavy atom. The number of rotatable bonds is 0. The van der Waals surface area contributed by atoms with Crippen LogP contribution in [-0.4, -0.2) is 19.2 Å². The van der Waals surface area contributed by atoms with Crippen LogP contribution in [0.25, 0.3) is 5.52 Å². The van der Waals surface area contributed by atoms with Gasteiger partial charge in [-0.1, -0.05) is 0 Å². The molecule has 2 aromatic heterocycles. The zero-order valence-electron chi connectivity index (χ0n) is 7.68. The molecule has 72 valence electrons. The van der Waals surface area contributed by atoms with Crippen molar-refractivity contribution < 1.29 is 0 Å². The maximum Gasteiger partial charge on any atom is 0.279 e. The molecule has 1 aliphatic heterocycles. The van der Waals surface area contributed by atoms with Gasteiger partial charge in [0.05, 0.1) is 6.20 Å². The molecule has 0 bridgehead atoms. The average Bonchev–Trinajstić information content (AvgIpc) is 2.66. The molecule has 5 nitrogen and oxygen atoms in total. The third-order valence-corrected chi connectivity index (χ3v) is 2.65. The number of hydrogen-bond acceptors (Lipinski definition) is 3. The van der Waals surface area contributed by atoms with Gasteiger partial charge in [-0.15, -0.1) is 0 Å². The highest BCUT2D eigenvalue weighted by Gasteiger charge is 2.14. The Balaban J connectivity index is 2.42. The first-order valence-corrected chi connectivity index (χ1v) is 4.78. The van der Waals surface area contributed by atoms with Crippen molar-refractivity contribution in [2.45, 2.75) is 25.8 Å². The van der Waals surface area contributed by atoms with Crippen molar-refractivity contribution >= 4 is 5.52 Å². The molecule has 0 atom stereocenters. The van der Waals surface area contributed by atoms with Crippen molar-refractivity contribution in [3.05, 3.63) is 28.7 Å². The largest absolute Gasteiger partial charge is 0.293 e. The van der Waals surface area contributed by atoms with E-state index in [1.807, 2.05) is 0 Å². The molecule has 0 fully saturated rings. The van der Waals surface area contributed by atoms with E-state index in [1.165, 1.54) is 0 Å². The van der Waals surface area contributed by atoms with E-state index in [4.69, 9.17) is 0 Å². The highest BCUT2D eigenvalue weighted by Crippen LogP contribution is 2.09. The fraction of sp³-hybridized carbons (Fsp3) is 0.444. The summed E-state index contributed by atoms with van der Waals surface area (Å²) in [6, 6.07) is 0. The number of imidazole rings is 1. The van der Waals surface area contributed by atoms with Crippen LogP contribution in [-0.2, 0) is 13.0 Å². The molecule has 5 heteroatoms. The summed E-state index contributed by atoms with van der Waals surface area (Å²) in [6.45, 7) is 0.794. The fourth-order valence-electron chi connectivity index (χ4n) is 1.92. The van der Waals surface area contributed by atoms with Gasteiger partial charge in [0.2, 0.25) is 0 Å². The molecule has 0 aliphatic carbocycles. The van der Waals surface area contributed by atoms with Gasteiger partial charge < -0.3 is 0 Å². The van der Waals surface area contributed by atoms with Crippen molar-refractivity contribution in [2.75, 3.05) is 0 Å². The monoisotopic (exact) mass is 190 g/mol. The molecule has 0 aromatic carbocycles. The summed E-state index contributed by atoms with van der Waals surface area (Å²) in [5.41, 5.74) is 0.600. The van der Waals surface area contributed by atoms with E-state index in [0.29, 0.717) is 5.52 Å². The molecule has 0 unspecified atom stereocenters. The van der Waals surface area contributed by atoms with Gasteiger partial charge in [0.25, 0.3) is 5.56 Å². The van der Waals surface area contributed by atoms with Crippen molar-refractivity contribution in [3.63, 3.8) is 0 Å². The summed E-state index contributed by atoms with van der Waals surface area (Å²) >= 11 is 0. The molecule has 0 spiro atoms. The normalized spacial score (nSPS) is 15.7. The lowest BCUT2D eigenvalue weighted by atomic mass is 10.1. The standard InChI is InChI=1S/C9H10N4O/c14-9-7-5-10-6-13(7)11-8-3-1-2-4-12(8)9/h5-6H,1-4H2. The van der Waals surface area contributed by atoms with Gasteiger partial charge in [-0.3, -0.25) is 9.36 Å². The third-order valence-electron chi connectivity index (χ3n) is 2.65. The summed E-state index contributed by atoms with van der Waals surface area (Å²) in [5, 5.41) is 4.35. The predicted octanol–water partition coefficient (Wildman–Crippen LogP) is 0.227. The molecular formula is C9H10N4O. The number of nitrogens with zero attached hydrogens (tertiary/aromatic N) is 4. The molecule has 0 N–H and O–H groups in total. The van der Waals surface area contributed by atoms with Crippen molar-refractivity contribution in [3.8, 4) is 0 Å². The average molecular weight is 190 g/mol. The molecule has 3 heterocycles. The van der Waals surface area contributed by atoms with Gasteiger partial charge in [-0.2, -0.15) is 5.10 Å². The second-order valence-electron chi connectivity index (χ2n) is 3.55. The Bertz CT molecular complexity index is 539. The molecule has 0 saturated carbocycles. The first-order valence-electron chi connectivity index (χ1n) is 4.78. The predicted molar refractivity (Wildman–Crippen MR) is 50.2 cm³/mol. The molecule has 3 rings (SSSR count). The molecule has 0 radical (unpaired) electrons. The van der Waals surface area contributed by atoms with E-state index >= 15 is 0 Å². The van der Waals surface area contributed by atoms with Crippen molar-refractivity contribution in [1.82, 2.24) is 19.2 Å². The number of hydrogen-bond donors (Lipinski definition) is 0. The lowest BCUT2D eigenvalue weighted by Gasteiger charge is -2.16. The van der Waals surface area contributed by atoms with E-state index in [2.05, 4.69) is 10.1 Å². The van der Waals surface area contributed by atoms with E-state index in [9.17, 15) is 4.79 Å². The van der Waals surface area contributed by atoms with Gasteiger partial charge in [0, 0.05) is 13.0 Å². The minimum Gasteiger partial charge on any atom is -0.293 e. The van der Waals surface area contributed by atoms with Crippen LogP contribution in [0.15, 0.2) is 17.3 Å². The lowest BCUT2D eigenvalue weighted by Crippen LogP contribution is -2.30. The minimum atomic E-state index is 0.0344. The first kappa shape index (κ1) is 7.73. The van der Waals surface area contributed by atoms with Gasteiger partial charge in [0.15, 0.2) is 0 Å². The van der Waals surface area contributed by atoms with Gasteiger partial charge >= 0.3 is 0 Å². The Morgan fingerprint density at radius 1 is 1.36 bits per heavy atom. The smallest absolute Gasteiger partial charge is 0.279 e. The second-order valence-corrected chi connectivity index (χ2v) is 3.55. The lowest BCUT2D eigenvalue weighted by molar-refractivity contribution is 0.484. The summed E-state index contributed by atoms with van der Waals surface area (Å²) in [6.07, 6.45) is 6.22. The van der Waals surface area contributed by atoms with E-state index in [0.717, 1.165) is 31.6 Å². The Labute approximate surface area is 80.0 Å². The van der Waals surface area contributed by atoms with Crippen LogP contribution in [0.3, 0.4) is 0 Å². The third kappa shape index (κ3) is 0.921. The molecule has 0 amide bonds. The van der Waals surface area contributed by atoms with E-state index < -0.39 is 0 Å². The number of aromatic nitrogens is 4. The number of aryl methyl sites for hydroxylation is 1. The molecular weight excluding hydrogens is 180 g/mol. The topological polar surface area (TPSA) is 52.2 Å². The van der Waals surface area contributed by atoms with E-state index in [-0.39, 0.29) is 5.56 Å². The van der Waals surface area contributed by atoms with Gasteiger partial charge in [-0.05, 0) is 12.8 Å². The maximum atomic E-state index is 11.9. The zero-order chi connectivity index (χ0) is 9.54. The van der Waals surface area contributed by atoms with Crippen molar-refractivity contribution in [2.24, 2.45) is 0 Å². The summed E-state index contributed by atoms with van der Waals surface area (Å²) < 4.78 is 3.33. The van der Waals surface area contributed by atoms with Crippen LogP contribution in [0.4, 0.5) is 0 Å². The van der Waals surface area contributed by atoms with Gasteiger partial charge in [0.1, 0.15) is 17.7 Å².